The number of hydrogen-bond donors (Lipinski definition) is 1. The lowest BCUT2D eigenvalue weighted by atomic mass is 10.2. The Labute approximate surface area is 118 Å². The first-order valence-corrected chi connectivity index (χ1v) is 6.47. The Morgan fingerprint density at radius 3 is 2.45 bits per heavy atom. The summed E-state index contributed by atoms with van der Waals surface area (Å²) >= 11 is 1.12. The zero-order valence-electron chi connectivity index (χ0n) is 10.9. The van der Waals surface area contributed by atoms with Gasteiger partial charge in [-0.3, -0.25) is 14.9 Å². The number of hydrogen-bond acceptors (Lipinski definition) is 6. The summed E-state index contributed by atoms with van der Waals surface area (Å²) in [5, 5.41) is 10.9. The molecule has 7 nitrogen and oxygen atoms in total. The third-order valence-corrected chi connectivity index (χ3v) is 3.73. The normalized spacial score (nSPS) is 10.3. The molecule has 0 saturated heterocycles. The summed E-state index contributed by atoms with van der Waals surface area (Å²) in [5.41, 5.74) is 6.69. The van der Waals surface area contributed by atoms with Crippen molar-refractivity contribution in [2.75, 3.05) is 17.7 Å². The molecule has 1 heterocycles. The van der Waals surface area contributed by atoms with Gasteiger partial charge in [0.25, 0.3) is 11.6 Å². The molecule has 2 aromatic rings. The molecule has 1 aromatic carbocycles. The number of nitrogens with two attached hydrogens (primary N) is 1. The van der Waals surface area contributed by atoms with E-state index in [1.54, 1.807) is 14.0 Å². The predicted octanol–water partition coefficient (Wildman–Crippen LogP) is 2.22. The molecular formula is C12H12N4O3S. The fourth-order valence-corrected chi connectivity index (χ4v) is 2.49. The van der Waals surface area contributed by atoms with Crippen LogP contribution in [0.1, 0.15) is 15.4 Å². The first kappa shape index (κ1) is 13.9. The third-order valence-electron chi connectivity index (χ3n) is 2.76. The van der Waals surface area contributed by atoms with Crippen LogP contribution in [0.25, 0.3) is 0 Å². The minimum Gasteiger partial charge on any atom is -0.375 e. The van der Waals surface area contributed by atoms with Gasteiger partial charge in [-0.05, 0) is 19.1 Å². The van der Waals surface area contributed by atoms with Crippen molar-refractivity contribution in [3.63, 3.8) is 0 Å². The minimum absolute atomic E-state index is 0.0205. The van der Waals surface area contributed by atoms with E-state index in [-0.39, 0.29) is 11.6 Å². The number of non-ortho nitro benzene ring substituents is 1. The van der Waals surface area contributed by atoms with Crippen LogP contribution in [-0.2, 0) is 0 Å². The highest BCUT2D eigenvalue weighted by Gasteiger charge is 2.19. The number of aromatic nitrogens is 1. The molecule has 0 saturated carbocycles. The predicted molar refractivity (Wildman–Crippen MR) is 77.1 cm³/mol. The number of aryl methyl sites for hydroxylation is 1. The molecule has 0 fully saturated rings. The Morgan fingerprint density at radius 2 is 2.00 bits per heavy atom. The fraction of sp³-hybridized carbons (Fsp3) is 0.167. The number of carbonyl (C=O) groups excluding carboxylic acids is 1. The van der Waals surface area contributed by atoms with E-state index in [4.69, 9.17) is 5.73 Å². The highest BCUT2D eigenvalue weighted by molar-refractivity contribution is 7.17. The average molecular weight is 292 g/mol. The lowest BCUT2D eigenvalue weighted by Crippen LogP contribution is -2.25. The topological polar surface area (TPSA) is 102 Å². The van der Waals surface area contributed by atoms with Crippen molar-refractivity contribution in [3.8, 4) is 0 Å². The smallest absolute Gasteiger partial charge is 0.270 e. The van der Waals surface area contributed by atoms with Crippen LogP contribution in [0.4, 0.5) is 16.5 Å². The van der Waals surface area contributed by atoms with Gasteiger partial charge in [-0.2, -0.15) is 0 Å². The van der Waals surface area contributed by atoms with Crippen molar-refractivity contribution in [3.05, 3.63) is 45.0 Å². The summed E-state index contributed by atoms with van der Waals surface area (Å²) in [7, 11) is 1.60. The van der Waals surface area contributed by atoms with Crippen LogP contribution < -0.4 is 10.6 Å². The Balaban J connectivity index is 2.26. The molecule has 0 unspecified atom stereocenters. The van der Waals surface area contributed by atoms with Gasteiger partial charge >= 0.3 is 0 Å². The van der Waals surface area contributed by atoms with Gasteiger partial charge in [-0.25, -0.2) is 4.98 Å². The second-order valence-corrected chi connectivity index (χ2v) is 5.13. The first-order valence-electron chi connectivity index (χ1n) is 5.65. The number of nitro groups is 1. The highest BCUT2D eigenvalue weighted by atomic mass is 32.1. The number of carbonyl (C=O) groups is 1. The van der Waals surface area contributed by atoms with Gasteiger partial charge < -0.3 is 10.6 Å². The van der Waals surface area contributed by atoms with Crippen molar-refractivity contribution in [1.29, 1.82) is 0 Å². The molecule has 0 aliphatic carbocycles. The fourth-order valence-electron chi connectivity index (χ4n) is 1.68. The number of nitrogens with zero attached hydrogens (tertiary/aromatic N) is 3. The standard InChI is InChI=1S/C12H12N4O3S/c1-7-10(20-12(13)14-7)11(17)15(2)8-3-5-9(6-4-8)16(18)19/h3-6H,1-2H3,(H2,13,14). The summed E-state index contributed by atoms with van der Waals surface area (Å²) in [6.07, 6.45) is 0. The monoisotopic (exact) mass is 292 g/mol. The summed E-state index contributed by atoms with van der Waals surface area (Å²) in [6.45, 7) is 1.71. The second kappa shape index (κ2) is 5.25. The lowest BCUT2D eigenvalue weighted by molar-refractivity contribution is -0.384. The zero-order valence-corrected chi connectivity index (χ0v) is 11.7. The quantitative estimate of drug-likeness (QED) is 0.690. The molecule has 0 aliphatic rings. The second-order valence-electron chi connectivity index (χ2n) is 4.10. The maximum absolute atomic E-state index is 12.3. The average Bonchev–Trinajstić information content (AvgIpc) is 2.76. The molecule has 104 valence electrons. The van der Waals surface area contributed by atoms with Gasteiger partial charge in [-0.15, -0.1) is 0 Å². The molecule has 0 aliphatic heterocycles. The van der Waals surface area contributed by atoms with Crippen molar-refractivity contribution < 1.29 is 9.72 Å². The molecule has 0 atom stereocenters. The largest absolute Gasteiger partial charge is 0.375 e. The molecule has 0 spiro atoms. The molecule has 2 rings (SSSR count). The van der Waals surface area contributed by atoms with E-state index in [1.165, 1.54) is 29.2 Å². The van der Waals surface area contributed by atoms with Crippen LogP contribution in [0.3, 0.4) is 0 Å². The number of anilines is 2. The van der Waals surface area contributed by atoms with E-state index in [1.807, 2.05) is 0 Å². The van der Waals surface area contributed by atoms with Crippen molar-refractivity contribution in [1.82, 2.24) is 4.98 Å². The van der Waals surface area contributed by atoms with Gasteiger partial charge in [-0.1, -0.05) is 11.3 Å². The van der Waals surface area contributed by atoms with Gasteiger partial charge in [0.15, 0.2) is 5.13 Å². The molecule has 1 aromatic heterocycles. The zero-order chi connectivity index (χ0) is 14.9. The Morgan fingerprint density at radius 1 is 1.40 bits per heavy atom. The summed E-state index contributed by atoms with van der Waals surface area (Å²) in [4.78, 5) is 28.3. The van der Waals surface area contributed by atoms with E-state index in [0.717, 1.165) is 11.3 Å². The van der Waals surface area contributed by atoms with Crippen LogP contribution in [0.2, 0.25) is 0 Å². The van der Waals surface area contributed by atoms with Crippen LogP contribution in [0, 0.1) is 17.0 Å². The number of rotatable bonds is 3. The first-order chi connectivity index (χ1) is 9.40. The van der Waals surface area contributed by atoms with Crippen LogP contribution in [0.15, 0.2) is 24.3 Å². The van der Waals surface area contributed by atoms with Gasteiger partial charge in [0, 0.05) is 24.9 Å². The number of amides is 1. The third kappa shape index (κ3) is 2.59. The van der Waals surface area contributed by atoms with Crippen molar-refractivity contribution in [2.24, 2.45) is 0 Å². The SMILES string of the molecule is Cc1nc(N)sc1C(=O)N(C)c1ccc([N+](=O)[O-])cc1. The van der Waals surface area contributed by atoms with Crippen LogP contribution in [-0.4, -0.2) is 22.9 Å². The Kier molecular flexibility index (Phi) is 3.66. The molecule has 20 heavy (non-hydrogen) atoms. The van der Waals surface area contributed by atoms with Gasteiger partial charge in [0.1, 0.15) is 4.88 Å². The maximum Gasteiger partial charge on any atom is 0.270 e. The Bertz CT molecular complexity index is 666. The maximum atomic E-state index is 12.3. The van der Waals surface area contributed by atoms with E-state index in [9.17, 15) is 14.9 Å². The lowest BCUT2D eigenvalue weighted by Gasteiger charge is -2.16. The number of benzene rings is 1. The van der Waals surface area contributed by atoms with E-state index >= 15 is 0 Å². The van der Waals surface area contributed by atoms with Crippen molar-refractivity contribution >= 4 is 33.8 Å². The van der Waals surface area contributed by atoms with E-state index in [0.29, 0.717) is 21.4 Å². The van der Waals surface area contributed by atoms with Crippen LogP contribution in [0.5, 0.6) is 0 Å². The molecule has 2 N–H and O–H groups in total. The summed E-state index contributed by atoms with van der Waals surface area (Å²) in [5.74, 6) is -0.245. The highest BCUT2D eigenvalue weighted by Crippen LogP contribution is 2.24. The van der Waals surface area contributed by atoms with Gasteiger partial charge in [0.05, 0.1) is 10.6 Å². The summed E-state index contributed by atoms with van der Waals surface area (Å²) < 4.78 is 0. The molecular weight excluding hydrogens is 280 g/mol. The number of nitrogen functional groups attached to an aromatic ring is 1. The van der Waals surface area contributed by atoms with Gasteiger partial charge in [0.2, 0.25) is 0 Å². The number of thiazole rings is 1. The number of nitro benzene ring substituents is 1. The molecule has 0 radical (unpaired) electrons. The Hall–Kier alpha value is -2.48. The van der Waals surface area contributed by atoms with Crippen molar-refractivity contribution in [2.45, 2.75) is 6.92 Å². The van der Waals surface area contributed by atoms with E-state index < -0.39 is 4.92 Å². The molecule has 0 bridgehead atoms. The summed E-state index contributed by atoms with van der Waals surface area (Å²) in [6, 6.07) is 5.76. The molecule has 1 amide bonds. The van der Waals surface area contributed by atoms with Crippen LogP contribution >= 0.6 is 11.3 Å². The van der Waals surface area contributed by atoms with E-state index in [2.05, 4.69) is 4.98 Å². The minimum atomic E-state index is -0.486. The molecule has 8 heteroatoms.